The zero-order chi connectivity index (χ0) is 20.3. The maximum atomic E-state index is 12.5. The topological polar surface area (TPSA) is 48.3 Å². The Kier molecular flexibility index (Phi) is 5.78. The predicted molar refractivity (Wildman–Crippen MR) is 110 cm³/mol. The van der Waals surface area contributed by atoms with Gasteiger partial charge in [0, 0.05) is 22.6 Å². The van der Waals surface area contributed by atoms with Crippen molar-refractivity contribution in [1.29, 1.82) is 0 Å². The summed E-state index contributed by atoms with van der Waals surface area (Å²) >= 11 is 0. The molecule has 1 atom stereocenters. The van der Waals surface area contributed by atoms with Gasteiger partial charge in [-0.15, -0.1) is 0 Å². The van der Waals surface area contributed by atoms with Gasteiger partial charge in [0.05, 0.1) is 5.56 Å². The number of Topliss-reactive ketones (excluding diaryl/α,β-unsaturated/α-hetero) is 1. The van der Waals surface area contributed by atoms with E-state index in [2.05, 4.69) is 23.6 Å². The molecule has 0 bridgehead atoms. The van der Waals surface area contributed by atoms with Crippen molar-refractivity contribution in [2.75, 3.05) is 0 Å². The number of ketones is 1. The number of nitrogens with zero attached hydrogens (tertiary/aromatic N) is 1. The normalized spacial score (nSPS) is 11.9. The summed E-state index contributed by atoms with van der Waals surface area (Å²) in [5.74, 6) is -0.704. The lowest BCUT2D eigenvalue weighted by Crippen LogP contribution is -2.24. The summed E-state index contributed by atoms with van der Waals surface area (Å²) in [5, 5.41) is 0. The van der Waals surface area contributed by atoms with E-state index in [9.17, 15) is 9.59 Å². The van der Waals surface area contributed by atoms with Gasteiger partial charge < -0.3 is 9.30 Å². The second-order valence-corrected chi connectivity index (χ2v) is 6.96. The zero-order valence-electron chi connectivity index (χ0n) is 16.7. The van der Waals surface area contributed by atoms with Crippen molar-refractivity contribution < 1.29 is 14.3 Å². The van der Waals surface area contributed by atoms with Crippen molar-refractivity contribution in [1.82, 2.24) is 4.57 Å². The molecule has 0 aliphatic heterocycles. The van der Waals surface area contributed by atoms with Crippen molar-refractivity contribution in [3.8, 4) is 5.69 Å². The fourth-order valence-electron chi connectivity index (χ4n) is 3.24. The molecule has 3 rings (SSSR count). The van der Waals surface area contributed by atoms with Gasteiger partial charge in [0.1, 0.15) is 0 Å². The van der Waals surface area contributed by atoms with Crippen molar-refractivity contribution >= 4 is 11.8 Å². The van der Waals surface area contributed by atoms with E-state index >= 15 is 0 Å². The Labute approximate surface area is 165 Å². The van der Waals surface area contributed by atoms with Crippen LogP contribution in [0.2, 0.25) is 0 Å². The van der Waals surface area contributed by atoms with Crippen molar-refractivity contribution in [2.45, 2.75) is 40.2 Å². The highest BCUT2D eigenvalue weighted by Gasteiger charge is 2.20. The van der Waals surface area contributed by atoms with Crippen LogP contribution in [0.1, 0.15) is 51.5 Å². The number of esters is 1. The highest BCUT2D eigenvalue weighted by atomic mass is 16.5. The highest BCUT2D eigenvalue weighted by molar-refractivity contribution is 6.01. The maximum Gasteiger partial charge on any atom is 0.338 e. The quantitative estimate of drug-likeness (QED) is 0.446. The lowest BCUT2D eigenvalue weighted by molar-refractivity contribution is 0.0319. The first-order valence-electron chi connectivity index (χ1n) is 9.50. The lowest BCUT2D eigenvalue weighted by atomic mass is 10.0. The molecule has 4 nitrogen and oxygen atoms in total. The van der Waals surface area contributed by atoms with Crippen LogP contribution in [-0.4, -0.2) is 22.4 Å². The summed E-state index contributed by atoms with van der Waals surface area (Å²) in [5.41, 5.74) is 5.37. The molecule has 0 aliphatic carbocycles. The molecule has 0 saturated heterocycles. The molecule has 1 heterocycles. The minimum Gasteiger partial charge on any atom is -0.451 e. The molecule has 144 valence electrons. The fraction of sp³-hybridized carbons (Fsp3) is 0.250. The first kappa shape index (κ1) is 19.6. The number of carbonyl (C=O) groups is 2. The average Bonchev–Trinajstić information content (AvgIpc) is 3.05. The van der Waals surface area contributed by atoms with Gasteiger partial charge in [-0.1, -0.05) is 31.2 Å². The van der Waals surface area contributed by atoms with E-state index in [4.69, 9.17) is 4.74 Å². The summed E-state index contributed by atoms with van der Waals surface area (Å²) in [7, 11) is 0. The first-order chi connectivity index (χ1) is 13.4. The van der Waals surface area contributed by atoms with Gasteiger partial charge >= 0.3 is 5.97 Å². The molecule has 0 N–H and O–H groups in total. The van der Waals surface area contributed by atoms with Gasteiger partial charge in [0.15, 0.2) is 6.10 Å². The van der Waals surface area contributed by atoms with Gasteiger partial charge in [0.2, 0.25) is 5.78 Å². The molecule has 0 amide bonds. The monoisotopic (exact) mass is 375 g/mol. The van der Waals surface area contributed by atoms with Crippen LogP contribution in [-0.2, 0) is 11.2 Å². The third-order valence-corrected chi connectivity index (χ3v) is 4.93. The van der Waals surface area contributed by atoms with Crippen LogP contribution in [0.3, 0.4) is 0 Å². The predicted octanol–water partition coefficient (Wildman–Crippen LogP) is 5.08. The standard InChI is InChI=1S/C24H25NO3/c1-5-19-8-10-20(11-9-19)23(26)18(4)28-24(27)21-12-14-22(15-13-21)25-16(2)6-7-17(25)3/h6-15,18H,5H2,1-4H3/t18-/m0/s1. The Morgan fingerprint density at radius 3 is 1.93 bits per heavy atom. The van der Waals surface area contributed by atoms with Crippen molar-refractivity contribution in [3.05, 3.63) is 88.7 Å². The molecule has 28 heavy (non-hydrogen) atoms. The number of carbonyl (C=O) groups excluding carboxylic acids is 2. The first-order valence-corrected chi connectivity index (χ1v) is 9.50. The number of hydrogen-bond acceptors (Lipinski definition) is 3. The second kappa shape index (κ2) is 8.26. The molecule has 1 aromatic heterocycles. The minimum absolute atomic E-state index is 0.203. The van der Waals surface area contributed by atoms with E-state index in [1.165, 1.54) is 0 Å². The van der Waals surface area contributed by atoms with E-state index in [0.717, 1.165) is 29.1 Å². The molecule has 0 spiro atoms. The molecule has 2 aromatic carbocycles. The summed E-state index contributed by atoms with van der Waals surface area (Å²) in [6.07, 6.45) is 0.0745. The minimum atomic E-state index is -0.839. The second-order valence-electron chi connectivity index (χ2n) is 6.96. The molecule has 3 aromatic rings. The summed E-state index contributed by atoms with van der Waals surface area (Å²) in [6.45, 7) is 7.74. The van der Waals surface area contributed by atoms with E-state index in [1.807, 2.05) is 38.1 Å². The molecule has 0 fully saturated rings. The molecule has 4 heteroatoms. The third-order valence-electron chi connectivity index (χ3n) is 4.93. The summed E-state index contributed by atoms with van der Waals surface area (Å²) in [6, 6.07) is 18.7. The Morgan fingerprint density at radius 2 is 1.39 bits per heavy atom. The highest BCUT2D eigenvalue weighted by Crippen LogP contribution is 2.18. The number of benzene rings is 2. The molecule has 0 aliphatic rings. The van der Waals surface area contributed by atoms with Gasteiger partial charge in [0.25, 0.3) is 0 Å². The fourth-order valence-corrected chi connectivity index (χ4v) is 3.24. The van der Waals surface area contributed by atoms with Crippen LogP contribution in [0.15, 0.2) is 60.7 Å². The molecule has 0 saturated carbocycles. The smallest absolute Gasteiger partial charge is 0.338 e. The SMILES string of the molecule is CCc1ccc(C(=O)[C@H](C)OC(=O)c2ccc(-n3c(C)ccc3C)cc2)cc1. The van der Waals surface area contributed by atoms with Gasteiger partial charge in [-0.2, -0.15) is 0 Å². The molecular formula is C24H25NO3. The number of hydrogen-bond donors (Lipinski definition) is 0. The van der Waals surface area contributed by atoms with Crippen molar-refractivity contribution in [2.24, 2.45) is 0 Å². The van der Waals surface area contributed by atoms with Gasteiger partial charge in [-0.05, 0) is 69.2 Å². The molecule has 0 radical (unpaired) electrons. The molecule has 0 unspecified atom stereocenters. The van der Waals surface area contributed by atoms with E-state index in [0.29, 0.717) is 11.1 Å². The van der Waals surface area contributed by atoms with Crippen LogP contribution in [0.4, 0.5) is 0 Å². The van der Waals surface area contributed by atoms with E-state index in [-0.39, 0.29) is 5.78 Å². The largest absolute Gasteiger partial charge is 0.451 e. The third kappa shape index (κ3) is 4.06. The number of ether oxygens (including phenoxy) is 1. The van der Waals surface area contributed by atoms with E-state index < -0.39 is 12.1 Å². The van der Waals surface area contributed by atoms with Crippen LogP contribution < -0.4 is 0 Å². The summed E-state index contributed by atoms with van der Waals surface area (Å²) < 4.78 is 7.50. The average molecular weight is 375 g/mol. The van der Waals surface area contributed by atoms with Gasteiger partial charge in [-0.3, -0.25) is 4.79 Å². The Balaban J connectivity index is 1.69. The summed E-state index contributed by atoms with van der Waals surface area (Å²) in [4.78, 5) is 25.0. The van der Waals surface area contributed by atoms with Crippen LogP contribution in [0.5, 0.6) is 0 Å². The number of rotatable bonds is 6. The Hall–Kier alpha value is -3.14. The van der Waals surface area contributed by atoms with Crippen LogP contribution in [0, 0.1) is 13.8 Å². The number of aromatic nitrogens is 1. The Bertz CT molecular complexity index is 962. The maximum absolute atomic E-state index is 12.5. The zero-order valence-corrected chi connectivity index (χ0v) is 16.7. The lowest BCUT2D eigenvalue weighted by Gasteiger charge is -2.14. The van der Waals surface area contributed by atoms with Crippen molar-refractivity contribution in [3.63, 3.8) is 0 Å². The Morgan fingerprint density at radius 1 is 0.857 bits per heavy atom. The van der Waals surface area contributed by atoms with E-state index in [1.54, 1.807) is 31.2 Å². The van der Waals surface area contributed by atoms with Crippen LogP contribution in [0.25, 0.3) is 5.69 Å². The van der Waals surface area contributed by atoms with Gasteiger partial charge in [-0.25, -0.2) is 4.79 Å². The molecular weight excluding hydrogens is 350 g/mol. The number of aryl methyl sites for hydroxylation is 3. The van der Waals surface area contributed by atoms with Crippen LogP contribution >= 0.6 is 0 Å².